The lowest BCUT2D eigenvalue weighted by atomic mass is 10.0. The van der Waals surface area contributed by atoms with E-state index < -0.39 is 23.1 Å². The molecule has 0 bridgehead atoms. The van der Waals surface area contributed by atoms with Gasteiger partial charge in [-0.15, -0.1) is 0 Å². The maximum Gasteiger partial charge on any atom is 0.262 e. The van der Waals surface area contributed by atoms with Crippen LogP contribution in [0.3, 0.4) is 0 Å². The number of hydrogen-bond acceptors (Lipinski definition) is 4. The molecular weight excluding hydrogens is 364 g/mol. The van der Waals surface area contributed by atoms with E-state index in [1.165, 1.54) is 6.07 Å². The summed E-state index contributed by atoms with van der Waals surface area (Å²) in [6, 6.07) is 10.4. The second-order valence-corrected chi connectivity index (χ2v) is 6.35. The van der Waals surface area contributed by atoms with Crippen molar-refractivity contribution in [2.24, 2.45) is 0 Å². The van der Waals surface area contributed by atoms with Gasteiger partial charge in [-0.3, -0.25) is 4.79 Å². The Morgan fingerprint density at radius 3 is 2.50 bits per heavy atom. The summed E-state index contributed by atoms with van der Waals surface area (Å²) >= 11 is 0. The number of rotatable bonds is 3. The number of hydrogen-bond donors (Lipinski definition) is 1. The molecule has 2 aromatic heterocycles. The number of carbonyl (C=O) groups excluding carboxylic acids is 1. The molecule has 2 aromatic carbocycles. The number of nitrogens with zero attached hydrogens (tertiary/aromatic N) is 2. The Morgan fingerprint density at radius 2 is 1.82 bits per heavy atom. The number of anilines is 1. The average molecular weight is 379 g/mol. The van der Waals surface area contributed by atoms with E-state index in [-0.39, 0.29) is 5.82 Å². The lowest BCUT2D eigenvalue weighted by Gasteiger charge is -2.09. The van der Waals surface area contributed by atoms with Gasteiger partial charge in [0.25, 0.3) is 5.91 Å². The highest BCUT2D eigenvalue weighted by molar-refractivity contribution is 6.04. The molecule has 7 heteroatoms. The topological polar surface area (TPSA) is 68.0 Å². The predicted molar refractivity (Wildman–Crippen MR) is 101 cm³/mol. The van der Waals surface area contributed by atoms with Crippen molar-refractivity contribution < 1.29 is 18.0 Å². The van der Waals surface area contributed by atoms with Crippen molar-refractivity contribution in [1.82, 2.24) is 9.97 Å². The maximum atomic E-state index is 13.7. The van der Waals surface area contributed by atoms with E-state index in [2.05, 4.69) is 15.3 Å². The summed E-state index contributed by atoms with van der Waals surface area (Å²) in [4.78, 5) is 20.7. The summed E-state index contributed by atoms with van der Waals surface area (Å²) in [6.07, 6.45) is 1.57. The van der Waals surface area contributed by atoms with E-state index in [1.54, 1.807) is 25.3 Å². The minimum Gasteiger partial charge on any atom is -0.441 e. The number of aromatic nitrogens is 2. The summed E-state index contributed by atoms with van der Waals surface area (Å²) in [5, 5.41) is 2.41. The van der Waals surface area contributed by atoms with Crippen LogP contribution in [0.2, 0.25) is 0 Å². The molecule has 4 aromatic rings. The molecule has 28 heavy (non-hydrogen) atoms. The molecule has 0 aliphatic rings. The van der Waals surface area contributed by atoms with Gasteiger partial charge in [0.05, 0.1) is 0 Å². The molecule has 0 unspecified atom stereocenters. The summed E-state index contributed by atoms with van der Waals surface area (Å²) in [5.74, 6) is -1.99. The lowest BCUT2D eigenvalue weighted by Crippen LogP contribution is -2.16. The number of pyridine rings is 1. The fraction of sp³-hybridized carbons (Fsp3) is 0.0952. The van der Waals surface area contributed by atoms with Crippen molar-refractivity contribution in [2.75, 3.05) is 5.32 Å². The number of oxazole rings is 1. The predicted octanol–water partition coefficient (Wildman–Crippen LogP) is 5.04. The van der Waals surface area contributed by atoms with Gasteiger partial charge in [-0.05, 0) is 54.4 Å². The van der Waals surface area contributed by atoms with Crippen molar-refractivity contribution in [3.8, 4) is 11.1 Å². The molecule has 4 rings (SSSR count). The van der Waals surface area contributed by atoms with Gasteiger partial charge in [0.2, 0.25) is 0 Å². The zero-order chi connectivity index (χ0) is 19.8. The monoisotopic (exact) mass is 379 g/mol. The van der Waals surface area contributed by atoms with E-state index in [9.17, 15) is 13.6 Å². The van der Waals surface area contributed by atoms with Crippen molar-refractivity contribution in [3.63, 3.8) is 0 Å². The average Bonchev–Trinajstić information content (AvgIpc) is 3.00. The molecule has 0 spiro atoms. The largest absolute Gasteiger partial charge is 0.441 e. The van der Waals surface area contributed by atoms with Gasteiger partial charge in [0.1, 0.15) is 28.5 Å². The van der Waals surface area contributed by atoms with Crippen LogP contribution in [0.1, 0.15) is 21.8 Å². The maximum absolute atomic E-state index is 13.7. The Bertz CT molecular complexity index is 1180. The zero-order valence-electron chi connectivity index (χ0n) is 15.1. The second-order valence-electron chi connectivity index (χ2n) is 6.35. The lowest BCUT2D eigenvalue weighted by molar-refractivity contribution is 0.101. The molecule has 0 aliphatic heterocycles. The number of aryl methyl sites for hydroxylation is 2. The molecule has 0 saturated carbocycles. The fourth-order valence-electron chi connectivity index (χ4n) is 3.03. The van der Waals surface area contributed by atoms with E-state index in [1.807, 2.05) is 19.1 Å². The van der Waals surface area contributed by atoms with Gasteiger partial charge < -0.3 is 9.73 Å². The van der Waals surface area contributed by atoms with Gasteiger partial charge in [0.15, 0.2) is 11.5 Å². The van der Waals surface area contributed by atoms with Crippen LogP contribution in [0.25, 0.3) is 22.2 Å². The SMILES string of the molecule is Cc1nc2cc(C)c(-c3ccc(NC(=O)c4c(F)cccc4F)nc3)cc2o1. The Morgan fingerprint density at radius 1 is 1.07 bits per heavy atom. The number of nitrogens with one attached hydrogen (secondary N) is 1. The molecule has 140 valence electrons. The van der Waals surface area contributed by atoms with Crippen LogP contribution < -0.4 is 5.32 Å². The normalized spacial score (nSPS) is 11.0. The van der Waals surface area contributed by atoms with Crippen LogP contribution >= 0.6 is 0 Å². The van der Waals surface area contributed by atoms with E-state index in [0.717, 1.165) is 34.3 Å². The quantitative estimate of drug-likeness (QED) is 0.542. The third-order valence-electron chi connectivity index (χ3n) is 4.35. The Hall–Kier alpha value is -3.61. The highest BCUT2D eigenvalue weighted by Gasteiger charge is 2.17. The van der Waals surface area contributed by atoms with Gasteiger partial charge in [-0.2, -0.15) is 0 Å². The highest BCUT2D eigenvalue weighted by Crippen LogP contribution is 2.29. The Balaban J connectivity index is 1.61. The third-order valence-corrected chi connectivity index (χ3v) is 4.35. The first-order valence-electron chi connectivity index (χ1n) is 8.52. The molecule has 0 aliphatic carbocycles. The molecule has 0 radical (unpaired) electrons. The number of fused-ring (bicyclic) bond motifs is 1. The minimum atomic E-state index is -0.930. The number of halogens is 2. The van der Waals surface area contributed by atoms with Crippen LogP contribution in [0.15, 0.2) is 53.1 Å². The summed E-state index contributed by atoms with van der Waals surface area (Å²) in [6.45, 7) is 3.74. The molecule has 1 amide bonds. The minimum absolute atomic E-state index is 0.186. The molecule has 0 atom stereocenters. The molecule has 0 saturated heterocycles. The van der Waals surface area contributed by atoms with Crippen LogP contribution in [-0.2, 0) is 0 Å². The number of carbonyl (C=O) groups is 1. The number of benzene rings is 2. The van der Waals surface area contributed by atoms with Crippen LogP contribution in [0.4, 0.5) is 14.6 Å². The molecule has 5 nitrogen and oxygen atoms in total. The Kier molecular flexibility index (Phi) is 4.35. The zero-order valence-corrected chi connectivity index (χ0v) is 15.1. The molecule has 2 heterocycles. The number of amides is 1. The highest BCUT2D eigenvalue weighted by atomic mass is 19.1. The first-order valence-corrected chi connectivity index (χ1v) is 8.52. The van der Waals surface area contributed by atoms with Gasteiger partial charge in [0, 0.05) is 18.7 Å². The Labute approximate surface area is 159 Å². The van der Waals surface area contributed by atoms with Crippen molar-refractivity contribution >= 4 is 22.8 Å². The van der Waals surface area contributed by atoms with E-state index in [0.29, 0.717) is 11.5 Å². The fourth-order valence-corrected chi connectivity index (χ4v) is 3.03. The molecule has 0 fully saturated rings. The van der Waals surface area contributed by atoms with Crippen molar-refractivity contribution in [2.45, 2.75) is 13.8 Å². The summed E-state index contributed by atoms with van der Waals surface area (Å²) < 4.78 is 33.0. The van der Waals surface area contributed by atoms with Crippen LogP contribution in [-0.4, -0.2) is 15.9 Å². The van der Waals surface area contributed by atoms with Crippen LogP contribution in [0, 0.1) is 25.5 Å². The van der Waals surface area contributed by atoms with Gasteiger partial charge >= 0.3 is 0 Å². The van der Waals surface area contributed by atoms with Gasteiger partial charge in [-0.25, -0.2) is 18.7 Å². The first kappa shape index (κ1) is 17.8. The van der Waals surface area contributed by atoms with Crippen molar-refractivity contribution in [1.29, 1.82) is 0 Å². The smallest absolute Gasteiger partial charge is 0.262 e. The second kappa shape index (κ2) is 6.84. The first-order chi connectivity index (χ1) is 13.4. The van der Waals surface area contributed by atoms with Crippen molar-refractivity contribution in [3.05, 3.63) is 77.3 Å². The molecular formula is C21H15F2N3O2. The van der Waals surface area contributed by atoms with Gasteiger partial charge in [-0.1, -0.05) is 6.07 Å². The van der Waals surface area contributed by atoms with E-state index >= 15 is 0 Å². The molecule has 1 N–H and O–H groups in total. The van der Waals surface area contributed by atoms with Crippen LogP contribution in [0.5, 0.6) is 0 Å². The summed E-state index contributed by atoms with van der Waals surface area (Å²) in [7, 11) is 0. The summed E-state index contributed by atoms with van der Waals surface area (Å²) in [5.41, 5.74) is 3.52. The third kappa shape index (κ3) is 3.22. The van der Waals surface area contributed by atoms with E-state index in [4.69, 9.17) is 4.42 Å². The standard InChI is InChI=1S/C21H15F2N3O2/c1-11-8-17-18(28-12(2)25-17)9-14(11)13-6-7-19(24-10-13)26-21(27)20-15(22)4-3-5-16(20)23/h3-10H,1-2H3,(H,24,26,27).